The van der Waals surface area contributed by atoms with Crippen molar-refractivity contribution < 1.29 is 17.6 Å². The van der Waals surface area contributed by atoms with Gasteiger partial charge < -0.3 is 5.73 Å². The Balaban J connectivity index is 3.14. The largest absolute Gasteiger partial charge is 0.417 e. The number of aromatic nitrogens is 1. The first-order valence-electron chi connectivity index (χ1n) is 2.89. The van der Waals surface area contributed by atoms with Crippen LogP contribution in [0.5, 0.6) is 0 Å². The molecule has 1 rings (SSSR count). The van der Waals surface area contributed by atoms with Crippen LogP contribution >= 0.6 is 0 Å². The molecule has 0 atom stereocenters. The molecule has 0 aliphatic rings. The van der Waals surface area contributed by atoms with Crippen LogP contribution in [0.25, 0.3) is 0 Å². The summed E-state index contributed by atoms with van der Waals surface area (Å²) in [4.78, 5) is 3.03. The molecular weight excluding hydrogens is 176 g/mol. The van der Waals surface area contributed by atoms with Gasteiger partial charge in [0.1, 0.15) is 0 Å². The minimum atomic E-state index is -4.58. The predicted molar refractivity (Wildman–Crippen MR) is 33.6 cm³/mol. The number of nitrogens with zero attached hydrogens (tertiary/aromatic N) is 1. The van der Waals surface area contributed by atoms with Crippen LogP contribution in [0.1, 0.15) is 5.56 Å². The summed E-state index contributed by atoms with van der Waals surface area (Å²) in [5.74, 6) is -1.70. The van der Waals surface area contributed by atoms with Crippen molar-refractivity contribution in [3.05, 3.63) is 23.6 Å². The molecular formula is C6H4F4N2. The number of hydrogen-bond acceptors (Lipinski definition) is 2. The Hall–Kier alpha value is -1.33. The zero-order chi connectivity index (χ0) is 9.35. The van der Waals surface area contributed by atoms with Crippen molar-refractivity contribution in [3.63, 3.8) is 0 Å². The van der Waals surface area contributed by atoms with Gasteiger partial charge in [0.2, 0.25) is 0 Å². The molecule has 1 aromatic heterocycles. The minimum absolute atomic E-state index is 0.308. The zero-order valence-electron chi connectivity index (χ0n) is 5.69. The molecule has 0 aliphatic heterocycles. The van der Waals surface area contributed by atoms with Crippen LogP contribution in [0.15, 0.2) is 12.3 Å². The number of rotatable bonds is 0. The number of nitrogens with two attached hydrogens (primary N) is 1. The van der Waals surface area contributed by atoms with Gasteiger partial charge in [-0.15, -0.1) is 0 Å². The lowest BCUT2D eigenvalue weighted by Gasteiger charge is -2.05. The van der Waals surface area contributed by atoms with Crippen molar-refractivity contribution in [3.8, 4) is 0 Å². The minimum Gasteiger partial charge on any atom is -0.381 e. The van der Waals surface area contributed by atoms with Gasteiger partial charge in [0, 0.05) is 6.20 Å². The number of nitrogen functional groups attached to an aromatic ring is 1. The van der Waals surface area contributed by atoms with Crippen LogP contribution in [-0.4, -0.2) is 4.98 Å². The average molecular weight is 180 g/mol. The monoisotopic (exact) mass is 180 g/mol. The van der Waals surface area contributed by atoms with Crippen molar-refractivity contribution in [1.82, 2.24) is 4.98 Å². The van der Waals surface area contributed by atoms with E-state index >= 15 is 0 Å². The van der Waals surface area contributed by atoms with Crippen LogP contribution in [-0.2, 0) is 6.18 Å². The van der Waals surface area contributed by atoms with Gasteiger partial charge in [0.15, 0.2) is 11.6 Å². The molecule has 0 radical (unpaired) electrons. The van der Waals surface area contributed by atoms with Crippen LogP contribution in [0.4, 0.5) is 23.4 Å². The molecule has 0 spiro atoms. The van der Waals surface area contributed by atoms with Gasteiger partial charge in [-0.3, -0.25) is 0 Å². The Bertz CT molecular complexity index is 294. The first-order chi connectivity index (χ1) is 5.41. The van der Waals surface area contributed by atoms with E-state index < -0.39 is 23.4 Å². The molecule has 0 saturated carbocycles. The van der Waals surface area contributed by atoms with E-state index in [4.69, 9.17) is 5.73 Å². The molecule has 0 unspecified atom stereocenters. The maximum Gasteiger partial charge on any atom is 0.417 e. The van der Waals surface area contributed by atoms with Crippen molar-refractivity contribution in [2.45, 2.75) is 6.18 Å². The Morgan fingerprint density at radius 3 is 2.33 bits per heavy atom. The summed E-state index contributed by atoms with van der Waals surface area (Å²) in [5.41, 5.74) is 3.73. The van der Waals surface area contributed by atoms with Crippen molar-refractivity contribution in [2.24, 2.45) is 0 Å². The summed E-state index contributed by atoms with van der Waals surface area (Å²) in [6, 6.07) is 0.308. The highest BCUT2D eigenvalue weighted by Gasteiger charge is 2.31. The van der Waals surface area contributed by atoms with E-state index in [2.05, 4.69) is 4.98 Å². The molecule has 0 aliphatic carbocycles. The highest BCUT2D eigenvalue weighted by molar-refractivity contribution is 5.32. The second-order valence-electron chi connectivity index (χ2n) is 2.09. The van der Waals surface area contributed by atoms with E-state index in [9.17, 15) is 17.6 Å². The first-order valence-corrected chi connectivity index (χ1v) is 2.89. The third-order valence-electron chi connectivity index (χ3n) is 1.20. The van der Waals surface area contributed by atoms with E-state index in [0.717, 1.165) is 0 Å². The van der Waals surface area contributed by atoms with E-state index in [1.807, 2.05) is 0 Å². The maximum absolute atomic E-state index is 12.4. The smallest absolute Gasteiger partial charge is 0.381 e. The normalized spacial score (nSPS) is 11.7. The summed E-state index contributed by atoms with van der Waals surface area (Å²) in [6.07, 6.45) is -4.10. The predicted octanol–water partition coefficient (Wildman–Crippen LogP) is 1.82. The number of pyridine rings is 1. The molecule has 1 aromatic rings. The molecule has 0 saturated heterocycles. The summed E-state index contributed by atoms with van der Waals surface area (Å²) >= 11 is 0. The molecule has 0 aromatic carbocycles. The van der Waals surface area contributed by atoms with Gasteiger partial charge in [-0.05, 0) is 6.07 Å². The maximum atomic E-state index is 12.4. The molecule has 66 valence electrons. The lowest BCUT2D eigenvalue weighted by molar-refractivity contribution is -0.138. The van der Waals surface area contributed by atoms with Crippen molar-refractivity contribution >= 4 is 5.82 Å². The lowest BCUT2D eigenvalue weighted by atomic mass is 10.3. The highest BCUT2D eigenvalue weighted by atomic mass is 19.4. The second kappa shape index (κ2) is 2.62. The molecule has 1 heterocycles. The fraction of sp³-hybridized carbons (Fsp3) is 0.167. The van der Waals surface area contributed by atoms with Gasteiger partial charge in [0.05, 0.1) is 5.56 Å². The molecule has 6 heteroatoms. The standard InChI is InChI=1S/C6H4F4N2/c7-4-1-3(6(8,9)10)2-12-5(4)11/h1-2H,(H2,11,12). The molecule has 12 heavy (non-hydrogen) atoms. The summed E-state index contributed by atoms with van der Waals surface area (Å²) in [7, 11) is 0. The van der Waals surface area contributed by atoms with Gasteiger partial charge in [-0.2, -0.15) is 13.2 Å². The molecule has 2 nitrogen and oxygen atoms in total. The topological polar surface area (TPSA) is 38.9 Å². The van der Waals surface area contributed by atoms with Crippen molar-refractivity contribution in [1.29, 1.82) is 0 Å². The molecule has 0 fully saturated rings. The van der Waals surface area contributed by atoms with Crippen LogP contribution < -0.4 is 5.73 Å². The number of anilines is 1. The Labute approximate surface area is 65.0 Å². The summed E-state index contributed by atoms with van der Waals surface area (Å²) in [5, 5.41) is 0. The zero-order valence-corrected chi connectivity index (χ0v) is 5.69. The second-order valence-corrected chi connectivity index (χ2v) is 2.09. The van der Waals surface area contributed by atoms with Crippen LogP contribution in [0.2, 0.25) is 0 Å². The Kier molecular flexibility index (Phi) is 1.91. The fourth-order valence-electron chi connectivity index (χ4n) is 0.604. The SMILES string of the molecule is Nc1ncc(C(F)(F)F)cc1F. The summed E-state index contributed by atoms with van der Waals surface area (Å²) in [6.45, 7) is 0. The van der Waals surface area contributed by atoms with Gasteiger partial charge in [0.25, 0.3) is 0 Å². The first kappa shape index (κ1) is 8.76. The Morgan fingerprint density at radius 1 is 1.33 bits per heavy atom. The van der Waals surface area contributed by atoms with Crippen LogP contribution in [0.3, 0.4) is 0 Å². The number of alkyl halides is 3. The molecule has 0 amide bonds. The highest BCUT2D eigenvalue weighted by Crippen LogP contribution is 2.29. The molecule has 2 N–H and O–H groups in total. The fourth-order valence-corrected chi connectivity index (χ4v) is 0.604. The van der Waals surface area contributed by atoms with Gasteiger partial charge in [-0.1, -0.05) is 0 Å². The number of halogens is 4. The summed E-state index contributed by atoms with van der Waals surface area (Å²) < 4.78 is 48.0. The van der Waals surface area contributed by atoms with Gasteiger partial charge >= 0.3 is 6.18 Å². The van der Waals surface area contributed by atoms with E-state index in [1.54, 1.807) is 0 Å². The van der Waals surface area contributed by atoms with Crippen LogP contribution in [0, 0.1) is 5.82 Å². The average Bonchev–Trinajstić information content (AvgIpc) is 1.92. The van der Waals surface area contributed by atoms with Gasteiger partial charge in [-0.25, -0.2) is 9.37 Å². The van der Waals surface area contributed by atoms with E-state index in [1.165, 1.54) is 0 Å². The third kappa shape index (κ3) is 1.63. The number of hydrogen-bond donors (Lipinski definition) is 1. The quantitative estimate of drug-likeness (QED) is 0.618. The third-order valence-corrected chi connectivity index (χ3v) is 1.20. The lowest BCUT2D eigenvalue weighted by Crippen LogP contribution is -2.07. The van der Waals surface area contributed by atoms with E-state index in [0.29, 0.717) is 12.3 Å². The Morgan fingerprint density at radius 2 is 1.92 bits per heavy atom. The van der Waals surface area contributed by atoms with E-state index in [-0.39, 0.29) is 0 Å². The van der Waals surface area contributed by atoms with Crippen molar-refractivity contribution in [2.75, 3.05) is 5.73 Å². The molecule has 0 bridgehead atoms.